The zero-order valence-electron chi connectivity index (χ0n) is 20.9. The highest BCUT2D eigenvalue weighted by Gasteiger charge is 2.12. The van der Waals surface area contributed by atoms with Crippen molar-refractivity contribution in [3.8, 4) is 11.8 Å². The van der Waals surface area contributed by atoms with Crippen LogP contribution in [0.2, 0.25) is 0 Å². The van der Waals surface area contributed by atoms with E-state index in [4.69, 9.17) is 0 Å². The molecule has 0 aliphatic heterocycles. The van der Waals surface area contributed by atoms with Crippen LogP contribution in [0.15, 0.2) is 56.9 Å². The van der Waals surface area contributed by atoms with Crippen LogP contribution in [0.1, 0.15) is 56.1 Å². The number of hydrogen-bond donors (Lipinski definition) is 4. The van der Waals surface area contributed by atoms with E-state index < -0.39 is 0 Å². The lowest BCUT2D eigenvalue weighted by Crippen LogP contribution is -1.93. The minimum absolute atomic E-state index is 0.111. The molecule has 0 saturated heterocycles. The molecule has 10 heteroatoms. The first-order valence-electron chi connectivity index (χ1n) is 12.3. The molecule has 0 fully saturated rings. The van der Waals surface area contributed by atoms with Crippen LogP contribution in [0, 0.1) is 13.8 Å². The summed E-state index contributed by atoms with van der Waals surface area (Å²) in [6.07, 6.45) is 4.42. The number of rotatable bonds is 10. The number of aryl methyl sites for hydroxylation is 2. The van der Waals surface area contributed by atoms with E-state index >= 15 is 0 Å². The number of aromatic amines is 2. The standard InChI is InChI=1S/C27H30N6O4/c1-16-10-12-20-18(14-16)24(26(36)28-20)32-30-22(34)8-6-4-3-5-7-9-23(35)31-33-25-19-15-17(2)11-13-21(19)29-27(25)37/h10-15,28-29,36-37H,3-9H2,1-2H3. The molecular formula is C27H30N6O4. The number of azo groups is 2. The molecular weight excluding hydrogens is 472 g/mol. The third-order valence-electron chi connectivity index (χ3n) is 6.12. The van der Waals surface area contributed by atoms with Gasteiger partial charge in [0.05, 0.1) is 11.0 Å². The van der Waals surface area contributed by atoms with E-state index in [0.29, 0.717) is 12.8 Å². The molecule has 0 atom stereocenters. The van der Waals surface area contributed by atoms with Crippen LogP contribution in [0.4, 0.5) is 11.4 Å². The van der Waals surface area contributed by atoms with Crippen molar-refractivity contribution in [2.45, 2.75) is 58.8 Å². The number of unbranched alkanes of at least 4 members (excludes halogenated alkanes) is 4. The Morgan fingerprint density at radius 3 is 1.51 bits per heavy atom. The summed E-state index contributed by atoms with van der Waals surface area (Å²) in [4.78, 5) is 29.8. The van der Waals surface area contributed by atoms with Crippen LogP contribution in [-0.2, 0) is 9.59 Å². The average molecular weight is 503 g/mol. The molecule has 4 rings (SSSR count). The number of H-pyrrole nitrogens is 2. The molecule has 0 aliphatic rings. The molecule has 37 heavy (non-hydrogen) atoms. The van der Waals surface area contributed by atoms with E-state index in [1.54, 1.807) is 0 Å². The zero-order chi connectivity index (χ0) is 26.4. The maximum atomic E-state index is 12.1. The van der Waals surface area contributed by atoms with Crippen molar-refractivity contribution in [1.82, 2.24) is 9.97 Å². The number of hydrogen-bond acceptors (Lipinski definition) is 6. The molecule has 0 aliphatic carbocycles. The van der Waals surface area contributed by atoms with Gasteiger partial charge in [0.2, 0.25) is 11.8 Å². The van der Waals surface area contributed by atoms with Gasteiger partial charge in [-0.15, -0.1) is 20.5 Å². The van der Waals surface area contributed by atoms with Gasteiger partial charge < -0.3 is 20.2 Å². The van der Waals surface area contributed by atoms with Gasteiger partial charge in [0.1, 0.15) is 0 Å². The van der Waals surface area contributed by atoms with Crippen LogP contribution in [0.5, 0.6) is 11.8 Å². The number of carbonyl (C=O) groups is 2. The van der Waals surface area contributed by atoms with Gasteiger partial charge in [-0.05, 0) is 51.0 Å². The first-order chi connectivity index (χ1) is 17.8. The van der Waals surface area contributed by atoms with Crippen molar-refractivity contribution in [2.24, 2.45) is 20.5 Å². The van der Waals surface area contributed by atoms with Crippen molar-refractivity contribution >= 4 is 45.0 Å². The van der Waals surface area contributed by atoms with Crippen molar-refractivity contribution in [3.63, 3.8) is 0 Å². The number of benzene rings is 2. The summed E-state index contributed by atoms with van der Waals surface area (Å²) < 4.78 is 0. The Hall–Kier alpha value is -4.34. The molecule has 0 unspecified atom stereocenters. The summed E-state index contributed by atoms with van der Waals surface area (Å²) in [7, 11) is 0. The summed E-state index contributed by atoms with van der Waals surface area (Å²) in [6.45, 7) is 3.88. The summed E-state index contributed by atoms with van der Waals surface area (Å²) in [5.74, 6) is -0.903. The maximum Gasteiger partial charge on any atom is 0.264 e. The number of nitrogens with zero attached hydrogens (tertiary/aromatic N) is 4. The Balaban J connectivity index is 1.15. The predicted molar refractivity (Wildman–Crippen MR) is 141 cm³/mol. The van der Waals surface area contributed by atoms with Gasteiger partial charge in [-0.2, -0.15) is 0 Å². The Kier molecular flexibility index (Phi) is 8.07. The minimum Gasteiger partial charge on any atom is -0.493 e. The van der Waals surface area contributed by atoms with E-state index in [1.165, 1.54) is 0 Å². The molecule has 0 radical (unpaired) electrons. The highest BCUT2D eigenvalue weighted by Crippen LogP contribution is 2.37. The number of aromatic nitrogens is 2. The highest BCUT2D eigenvalue weighted by atomic mass is 16.3. The van der Waals surface area contributed by atoms with Crippen molar-refractivity contribution in [1.29, 1.82) is 0 Å². The van der Waals surface area contributed by atoms with E-state index in [1.807, 2.05) is 50.2 Å². The van der Waals surface area contributed by atoms with E-state index in [9.17, 15) is 19.8 Å². The fraction of sp³-hybridized carbons (Fsp3) is 0.333. The fourth-order valence-corrected chi connectivity index (χ4v) is 4.15. The first kappa shape index (κ1) is 25.7. The summed E-state index contributed by atoms with van der Waals surface area (Å²) in [6, 6.07) is 11.3. The largest absolute Gasteiger partial charge is 0.493 e. The summed E-state index contributed by atoms with van der Waals surface area (Å²) >= 11 is 0. The van der Waals surface area contributed by atoms with Gasteiger partial charge in [-0.1, -0.05) is 42.5 Å². The molecule has 0 bridgehead atoms. The molecule has 2 heterocycles. The average Bonchev–Trinajstić information content (AvgIpc) is 3.34. The van der Waals surface area contributed by atoms with Gasteiger partial charge in [-0.3, -0.25) is 9.59 Å². The van der Waals surface area contributed by atoms with E-state index in [-0.39, 0.29) is 47.8 Å². The summed E-state index contributed by atoms with van der Waals surface area (Å²) in [5, 5.41) is 37.0. The number of carbonyl (C=O) groups excluding carboxylic acids is 2. The van der Waals surface area contributed by atoms with Gasteiger partial charge in [-0.25, -0.2) is 0 Å². The lowest BCUT2D eigenvalue weighted by Gasteiger charge is -1.99. The highest BCUT2D eigenvalue weighted by molar-refractivity contribution is 5.95. The Morgan fingerprint density at radius 2 is 1.08 bits per heavy atom. The van der Waals surface area contributed by atoms with Crippen molar-refractivity contribution in [3.05, 3.63) is 47.5 Å². The van der Waals surface area contributed by atoms with Crippen LogP contribution < -0.4 is 0 Å². The third kappa shape index (κ3) is 6.46. The van der Waals surface area contributed by atoms with Crippen LogP contribution in [-0.4, -0.2) is 32.0 Å². The van der Waals surface area contributed by atoms with Gasteiger partial charge in [0, 0.05) is 23.6 Å². The van der Waals surface area contributed by atoms with Crippen molar-refractivity contribution in [2.75, 3.05) is 0 Å². The van der Waals surface area contributed by atoms with Crippen LogP contribution in [0.3, 0.4) is 0 Å². The smallest absolute Gasteiger partial charge is 0.264 e. The van der Waals surface area contributed by atoms with Gasteiger partial charge in [0.15, 0.2) is 11.4 Å². The monoisotopic (exact) mass is 502 g/mol. The number of nitrogens with one attached hydrogen (secondary N) is 2. The fourth-order valence-electron chi connectivity index (χ4n) is 4.15. The number of fused-ring (bicyclic) bond motifs is 2. The minimum atomic E-state index is -0.340. The maximum absolute atomic E-state index is 12.1. The van der Waals surface area contributed by atoms with Crippen molar-refractivity contribution < 1.29 is 19.8 Å². The second-order valence-corrected chi connectivity index (χ2v) is 9.20. The third-order valence-corrected chi connectivity index (χ3v) is 6.12. The molecule has 4 N–H and O–H groups in total. The molecule has 192 valence electrons. The normalized spacial score (nSPS) is 11.9. The molecule has 2 aromatic heterocycles. The Bertz CT molecular complexity index is 1390. The quantitative estimate of drug-likeness (QED) is 0.132. The summed E-state index contributed by atoms with van der Waals surface area (Å²) in [5.41, 5.74) is 4.03. The van der Waals surface area contributed by atoms with Gasteiger partial charge in [0.25, 0.3) is 11.8 Å². The zero-order valence-corrected chi connectivity index (χ0v) is 20.9. The van der Waals surface area contributed by atoms with E-state index in [0.717, 1.165) is 52.2 Å². The molecule has 2 aromatic carbocycles. The molecule has 2 amide bonds. The van der Waals surface area contributed by atoms with Crippen LogP contribution >= 0.6 is 0 Å². The SMILES string of the molecule is Cc1ccc2[nH]c(O)c(N=NC(=O)CCCCCCCC(=O)N=Nc3c(O)[nH]c4ccc(C)cc34)c2c1. The lowest BCUT2D eigenvalue weighted by molar-refractivity contribution is -0.119. The molecule has 4 aromatic rings. The molecule has 10 nitrogen and oxygen atoms in total. The number of amides is 2. The second-order valence-electron chi connectivity index (χ2n) is 9.20. The number of aromatic hydroxyl groups is 2. The van der Waals surface area contributed by atoms with E-state index in [2.05, 4.69) is 30.4 Å². The second kappa shape index (κ2) is 11.6. The first-order valence-corrected chi connectivity index (χ1v) is 12.3. The Morgan fingerprint density at radius 1 is 0.676 bits per heavy atom. The van der Waals surface area contributed by atoms with Crippen LogP contribution in [0.25, 0.3) is 21.8 Å². The lowest BCUT2D eigenvalue weighted by atomic mass is 10.1. The predicted octanol–water partition coefficient (Wildman–Crippen LogP) is 7.33. The molecule has 0 saturated carbocycles. The van der Waals surface area contributed by atoms with Gasteiger partial charge >= 0.3 is 0 Å². The topological polar surface area (TPSA) is 156 Å². The Labute approximate surface area is 213 Å². The molecule has 0 spiro atoms.